The van der Waals surface area contributed by atoms with Crippen LogP contribution in [-0.2, 0) is 17.6 Å². The van der Waals surface area contributed by atoms with Crippen molar-refractivity contribution in [2.24, 2.45) is 0 Å². The highest BCUT2D eigenvalue weighted by Crippen LogP contribution is 2.20. The lowest BCUT2D eigenvalue weighted by atomic mass is 10.0. The van der Waals surface area contributed by atoms with Gasteiger partial charge in [0.2, 0.25) is 5.91 Å². The first-order valence-electron chi connectivity index (χ1n) is 11.4. The molecule has 1 N–H and O–H groups in total. The van der Waals surface area contributed by atoms with Gasteiger partial charge in [-0.25, -0.2) is 4.79 Å². The standard InChI is InChI=1S/C21H24FN3O3S.2C2H6/c1-24(2)17(14-23-20(26)11-9-15-6-4-3-5-7-15)12-16-8-10-18-19(13-16)28-21(27)25(18)29-22;2*1-2/h3-8,10,13,17H,9,11-12,14H2,1-2H3,(H,23,26);2*1-2H3. The first-order valence-corrected chi connectivity index (χ1v) is 12.1. The van der Waals surface area contributed by atoms with Crippen molar-refractivity contribution >= 4 is 29.3 Å². The van der Waals surface area contributed by atoms with Gasteiger partial charge in [0.15, 0.2) is 17.9 Å². The van der Waals surface area contributed by atoms with Crippen molar-refractivity contribution in [2.45, 2.75) is 53.0 Å². The summed E-state index contributed by atoms with van der Waals surface area (Å²) in [7, 11) is 3.91. The highest BCUT2D eigenvalue weighted by Gasteiger charge is 2.16. The van der Waals surface area contributed by atoms with E-state index in [1.807, 2.05) is 83.1 Å². The van der Waals surface area contributed by atoms with E-state index in [2.05, 4.69) is 5.32 Å². The third-order valence-corrected chi connectivity index (χ3v) is 5.38. The number of aryl methyl sites for hydroxylation is 1. The number of rotatable bonds is 9. The van der Waals surface area contributed by atoms with E-state index in [0.717, 1.165) is 15.1 Å². The fraction of sp³-hybridized carbons (Fsp3) is 0.440. The molecule has 3 rings (SSSR count). The van der Waals surface area contributed by atoms with E-state index in [1.54, 1.807) is 12.1 Å². The maximum atomic E-state index is 12.9. The van der Waals surface area contributed by atoms with E-state index in [0.29, 0.717) is 36.9 Å². The van der Waals surface area contributed by atoms with E-state index in [9.17, 15) is 13.5 Å². The molecular formula is C25H36FN3O3S. The van der Waals surface area contributed by atoms with Gasteiger partial charge in [-0.3, -0.25) is 4.79 Å². The fourth-order valence-corrected chi connectivity index (χ4v) is 3.49. The van der Waals surface area contributed by atoms with E-state index >= 15 is 0 Å². The summed E-state index contributed by atoms with van der Waals surface area (Å²) in [4.78, 5) is 25.9. The number of halogens is 1. The van der Waals surface area contributed by atoms with Crippen molar-refractivity contribution in [3.8, 4) is 0 Å². The number of oxazole rings is 1. The quantitative estimate of drug-likeness (QED) is 0.456. The average Bonchev–Trinajstić information content (AvgIpc) is 3.17. The number of amides is 1. The van der Waals surface area contributed by atoms with Crippen LogP contribution < -0.4 is 11.1 Å². The zero-order chi connectivity index (χ0) is 24.8. The lowest BCUT2D eigenvalue weighted by molar-refractivity contribution is -0.121. The zero-order valence-electron chi connectivity index (χ0n) is 20.4. The number of nitrogens with zero attached hydrogens (tertiary/aromatic N) is 2. The van der Waals surface area contributed by atoms with Crippen LogP contribution >= 0.6 is 12.3 Å². The lowest BCUT2D eigenvalue weighted by Crippen LogP contribution is -2.41. The third-order valence-electron chi connectivity index (χ3n) is 4.90. The van der Waals surface area contributed by atoms with Crippen molar-refractivity contribution in [1.82, 2.24) is 14.2 Å². The predicted molar refractivity (Wildman–Crippen MR) is 136 cm³/mol. The van der Waals surface area contributed by atoms with Gasteiger partial charge < -0.3 is 14.6 Å². The highest BCUT2D eigenvalue weighted by atomic mass is 32.2. The smallest absolute Gasteiger partial charge is 0.407 e. The molecule has 6 nitrogen and oxygen atoms in total. The second-order valence-corrected chi connectivity index (χ2v) is 7.65. The molecule has 0 fully saturated rings. The fourth-order valence-electron chi connectivity index (χ4n) is 3.17. The normalized spacial score (nSPS) is 11.3. The van der Waals surface area contributed by atoms with Crippen molar-refractivity contribution in [3.63, 3.8) is 0 Å². The number of nitrogens with one attached hydrogen (secondary N) is 1. The van der Waals surface area contributed by atoms with Gasteiger partial charge in [0.1, 0.15) is 5.52 Å². The summed E-state index contributed by atoms with van der Waals surface area (Å²) in [6.45, 7) is 8.50. The second-order valence-electron chi connectivity index (χ2n) is 7.14. The molecule has 0 spiro atoms. The van der Waals surface area contributed by atoms with Gasteiger partial charge >= 0.3 is 5.76 Å². The molecule has 3 aromatic rings. The predicted octanol–water partition coefficient (Wildman–Crippen LogP) is 5.25. The third kappa shape index (κ3) is 8.70. The molecule has 0 radical (unpaired) electrons. The van der Waals surface area contributed by atoms with E-state index in [4.69, 9.17) is 4.42 Å². The molecule has 33 heavy (non-hydrogen) atoms. The topological polar surface area (TPSA) is 67.5 Å². The summed E-state index contributed by atoms with van der Waals surface area (Å²) in [6.07, 6.45) is 1.80. The Hall–Kier alpha value is -2.58. The minimum absolute atomic E-state index is 0.0131. The summed E-state index contributed by atoms with van der Waals surface area (Å²) in [5.74, 6) is -0.723. The molecule has 0 aliphatic carbocycles. The Morgan fingerprint density at radius 2 is 1.76 bits per heavy atom. The largest absolute Gasteiger partial charge is 0.432 e. The number of carbonyl (C=O) groups excluding carboxylic acids is 1. The van der Waals surface area contributed by atoms with Crippen LogP contribution in [0.25, 0.3) is 11.1 Å². The number of carbonyl (C=O) groups is 1. The van der Waals surface area contributed by atoms with Crippen LogP contribution in [0, 0.1) is 0 Å². The molecule has 1 unspecified atom stereocenters. The number of fused-ring (bicyclic) bond motifs is 1. The number of hydrogen-bond donors (Lipinski definition) is 1. The molecule has 182 valence electrons. The van der Waals surface area contributed by atoms with Gasteiger partial charge in [0, 0.05) is 19.0 Å². The van der Waals surface area contributed by atoms with Crippen molar-refractivity contribution in [2.75, 3.05) is 20.6 Å². The Kier molecular flexibility index (Phi) is 13.2. The molecular weight excluding hydrogens is 441 g/mol. The summed E-state index contributed by atoms with van der Waals surface area (Å²) >= 11 is -0.175. The Labute approximate surface area is 200 Å². The SMILES string of the molecule is CC.CC.CN(C)C(CNC(=O)CCc1ccccc1)Cc1ccc2c(c1)oc(=O)n2SF. The highest BCUT2D eigenvalue weighted by molar-refractivity contribution is 7.92. The Morgan fingerprint density at radius 1 is 1.09 bits per heavy atom. The Bertz CT molecular complexity index is 1020. The molecule has 1 atom stereocenters. The molecule has 1 heterocycles. The monoisotopic (exact) mass is 477 g/mol. The zero-order valence-corrected chi connectivity index (χ0v) is 21.2. The number of benzene rings is 2. The van der Waals surface area contributed by atoms with Crippen LogP contribution in [0.3, 0.4) is 0 Å². The Morgan fingerprint density at radius 3 is 2.36 bits per heavy atom. The van der Waals surface area contributed by atoms with E-state index in [1.165, 1.54) is 0 Å². The first kappa shape index (κ1) is 28.5. The van der Waals surface area contributed by atoms with Gasteiger partial charge in [-0.15, -0.1) is 3.89 Å². The number of aromatic nitrogens is 1. The molecule has 1 aromatic heterocycles. The molecule has 2 aromatic carbocycles. The molecule has 0 aliphatic heterocycles. The van der Waals surface area contributed by atoms with Crippen LogP contribution in [0.2, 0.25) is 0 Å². The molecule has 0 saturated heterocycles. The van der Waals surface area contributed by atoms with Crippen LogP contribution in [0.1, 0.15) is 45.2 Å². The van der Waals surface area contributed by atoms with E-state index < -0.39 is 5.76 Å². The summed E-state index contributed by atoms with van der Waals surface area (Å²) in [5.41, 5.74) is 2.84. The van der Waals surface area contributed by atoms with Gasteiger partial charge in [-0.2, -0.15) is 3.97 Å². The van der Waals surface area contributed by atoms with E-state index in [-0.39, 0.29) is 24.3 Å². The molecule has 0 saturated carbocycles. The molecule has 1 amide bonds. The Balaban J connectivity index is 0.00000129. The van der Waals surface area contributed by atoms with Gasteiger partial charge in [-0.1, -0.05) is 64.1 Å². The number of hydrogen-bond acceptors (Lipinski definition) is 5. The van der Waals surface area contributed by atoms with Crippen molar-refractivity contribution < 1.29 is 13.1 Å². The average molecular weight is 478 g/mol. The molecule has 0 aliphatic rings. The minimum Gasteiger partial charge on any atom is -0.407 e. The molecule has 0 bridgehead atoms. The second kappa shape index (κ2) is 15.3. The summed E-state index contributed by atoms with van der Waals surface area (Å²) in [6, 6.07) is 15.3. The summed E-state index contributed by atoms with van der Waals surface area (Å²) < 4.78 is 18.9. The van der Waals surface area contributed by atoms with Gasteiger partial charge in [0.25, 0.3) is 0 Å². The van der Waals surface area contributed by atoms with Crippen LogP contribution in [-0.4, -0.2) is 41.5 Å². The van der Waals surface area contributed by atoms with Crippen LogP contribution in [0.4, 0.5) is 3.89 Å². The van der Waals surface area contributed by atoms with Gasteiger partial charge in [-0.05, 0) is 50.2 Å². The summed E-state index contributed by atoms with van der Waals surface area (Å²) in [5, 5.41) is 3.00. The van der Waals surface area contributed by atoms with Gasteiger partial charge in [0.05, 0.1) is 0 Å². The minimum atomic E-state index is -0.737. The lowest BCUT2D eigenvalue weighted by Gasteiger charge is -2.24. The van der Waals surface area contributed by atoms with Crippen LogP contribution in [0.5, 0.6) is 0 Å². The number of likely N-dealkylation sites (N-methyl/N-ethyl adjacent to an activating group) is 1. The van der Waals surface area contributed by atoms with Crippen molar-refractivity contribution in [3.05, 3.63) is 70.2 Å². The first-order chi connectivity index (χ1) is 16.0. The van der Waals surface area contributed by atoms with Crippen LogP contribution in [0.15, 0.2) is 57.7 Å². The van der Waals surface area contributed by atoms with Crippen molar-refractivity contribution in [1.29, 1.82) is 0 Å². The molecule has 8 heteroatoms. The maximum absolute atomic E-state index is 12.9. The maximum Gasteiger partial charge on any atom is 0.432 e.